The molecular weight excluding hydrogens is 673 g/mol. The van der Waals surface area contributed by atoms with E-state index in [4.69, 9.17) is 14.4 Å². The fourth-order valence-electron chi connectivity index (χ4n) is 9.35. The first-order chi connectivity index (χ1) is 27.3. The van der Waals surface area contributed by atoms with E-state index in [0.717, 1.165) is 66.1 Å². The summed E-state index contributed by atoms with van der Waals surface area (Å²) in [4.78, 5) is 10.9. The fourth-order valence-corrected chi connectivity index (χ4v) is 9.35. The minimum absolute atomic E-state index is 0.528. The van der Waals surface area contributed by atoms with Gasteiger partial charge < -0.3 is 8.98 Å². The van der Waals surface area contributed by atoms with Gasteiger partial charge in [-0.05, 0) is 58.3 Å². The van der Waals surface area contributed by atoms with E-state index in [2.05, 4.69) is 161 Å². The summed E-state index contributed by atoms with van der Waals surface area (Å²) < 4.78 is 11.2. The largest absolute Gasteiger partial charge is 0.436 e. The van der Waals surface area contributed by atoms with Gasteiger partial charge in [0.1, 0.15) is 16.8 Å². The van der Waals surface area contributed by atoms with Crippen LogP contribution in [0.5, 0.6) is 0 Å². The fraction of sp³-hybridized carbons (Fsp3) is 0. The normalized spacial score (nSPS) is 12.4. The Bertz CT molecular complexity index is 3610. The molecule has 8 aromatic carbocycles. The average Bonchev–Trinajstić information content (AvgIpc) is 3.86. The van der Waals surface area contributed by atoms with Crippen molar-refractivity contribution in [2.45, 2.75) is 0 Å². The van der Waals surface area contributed by atoms with E-state index >= 15 is 0 Å². The molecule has 12 aromatic rings. The Balaban J connectivity index is 1.21. The molecule has 0 spiro atoms. The molecule has 0 radical (unpaired) electrons. The Morgan fingerprint density at radius 1 is 0.400 bits per heavy atom. The lowest BCUT2D eigenvalue weighted by Crippen LogP contribution is -2.03. The molecule has 0 N–H and O–H groups in total. The van der Waals surface area contributed by atoms with Gasteiger partial charge in [0.15, 0.2) is 5.82 Å². The maximum absolute atomic E-state index is 6.39. The van der Waals surface area contributed by atoms with E-state index in [1.54, 1.807) is 0 Å². The molecule has 0 fully saturated rings. The third-order valence-corrected chi connectivity index (χ3v) is 11.7. The van der Waals surface area contributed by atoms with Crippen LogP contribution in [0.2, 0.25) is 0 Å². The monoisotopic (exact) mass is 700 g/mol. The Kier molecular flexibility index (Phi) is 5.57. The van der Waals surface area contributed by atoms with Gasteiger partial charge in [0.05, 0.1) is 27.8 Å². The van der Waals surface area contributed by atoms with Crippen molar-refractivity contribution in [3.05, 3.63) is 170 Å². The highest BCUT2D eigenvalue weighted by atomic mass is 16.3. The number of hydrogen-bond acceptors (Lipinski definition) is 3. The second-order valence-electron chi connectivity index (χ2n) is 14.5. The highest BCUT2D eigenvalue weighted by Crippen LogP contribution is 2.48. The van der Waals surface area contributed by atoms with Crippen molar-refractivity contribution in [2.75, 3.05) is 0 Å². The highest BCUT2D eigenvalue weighted by Gasteiger charge is 2.27. The van der Waals surface area contributed by atoms with Crippen molar-refractivity contribution in [1.82, 2.24) is 19.1 Å². The highest BCUT2D eigenvalue weighted by molar-refractivity contribution is 6.22. The van der Waals surface area contributed by atoms with Gasteiger partial charge in [-0.2, -0.15) is 0 Å². The van der Waals surface area contributed by atoms with Crippen LogP contribution in [0, 0.1) is 0 Å². The molecule has 1 aliphatic heterocycles. The van der Waals surface area contributed by atoms with Crippen LogP contribution in [0.15, 0.2) is 174 Å². The third-order valence-electron chi connectivity index (χ3n) is 11.7. The number of furan rings is 1. The lowest BCUT2D eigenvalue weighted by Gasteiger charge is -2.14. The molecule has 0 saturated heterocycles. The molecule has 0 aliphatic carbocycles. The van der Waals surface area contributed by atoms with Crippen LogP contribution >= 0.6 is 0 Å². The van der Waals surface area contributed by atoms with Crippen LogP contribution in [0.4, 0.5) is 0 Å². The first kappa shape index (κ1) is 29.0. The van der Waals surface area contributed by atoms with Gasteiger partial charge in [-0.1, -0.05) is 133 Å². The van der Waals surface area contributed by atoms with Crippen molar-refractivity contribution in [3.8, 4) is 45.0 Å². The van der Waals surface area contributed by atoms with Crippen LogP contribution in [-0.2, 0) is 0 Å². The minimum Gasteiger partial charge on any atom is -0.436 e. The van der Waals surface area contributed by atoms with Crippen molar-refractivity contribution in [1.29, 1.82) is 0 Å². The molecule has 4 aromatic heterocycles. The zero-order valence-corrected chi connectivity index (χ0v) is 29.4. The first-order valence-corrected chi connectivity index (χ1v) is 18.7. The zero-order chi connectivity index (χ0) is 35.8. The number of aromatic nitrogens is 4. The molecule has 5 heteroatoms. The Labute approximate surface area is 313 Å². The standard InChI is InChI=1S/C50H28N4O/c1-2-15-30-29(13-1)14-11-21-35(30)46-49(51-47-38-20-7-10-26-45(38)55-50(47)52-46)54-42-25-9-6-19-34(42)39-27-43-40(28-44(39)54)37-23-12-22-36-32-17-4-3-16-31(32)33-18-5-8-24-41(33)53(43)48(36)37/h1-28H. The number of benzene rings is 8. The number of fused-ring (bicyclic) bond motifs is 15. The van der Waals surface area contributed by atoms with Gasteiger partial charge in [0, 0.05) is 43.6 Å². The van der Waals surface area contributed by atoms with Crippen molar-refractivity contribution < 1.29 is 4.42 Å². The van der Waals surface area contributed by atoms with Gasteiger partial charge in [0.25, 0.3) is 0 Å². The number of para-hydroxylation sites is 4. The van der Waals surface area contributed by atoms with Crippen LogP contribution in [-0.4, -0.2) is 19.1 Å². The molecule has 0 unspecified atom stereocenters. The molecule has 13 rings (SSSR count). The number of hydrogen-bond donors (Lipinski definition) is 0. The van der Waals surface area contributed by atoms with E-state index in [9.17, 15) is 0 Å². The second-order valence-corrected chi connectivity index (χ2v) is 14.5. The molecule has 5 nitrogen and oxygen atoms in total. The summed E-state index contributed by atoms with van der Waals surface area (Å²) in [5.74, 6) is 0.769. The first-order valence-electron chi connectivity index (χ1n) is 18.7. The van der Waals surface area contributed by atoms with E-state index < -0.39 is 0 Å². The summed E-state index contributed by atoms with van der Waals surface area (Å²) >= 11 is 0. The summed E-state index contributed by atoms with van der Waals surface area (Å²) in [7, 11) is 0. The predicted octanol–water partition coefficient (Wildman–Crippen LogP) is 13.0. The summed E-state index contributed by atoms with van der Waals surface area (Å²) in [6, 6.07) is 60.8. The minimum atomic E-state index is 0.528. The van der Waals surface area contributed by atoms with Gasteiger partial charge in [-0.25, -0.2) is 9.97 Å². The molecule has 0 amide bonds. The van der Waals surface area contributed by atoms with Gasteiger partial charge >= 0.3 is 0 Å². The molecular formula is C50H28N4O. The predicted molar refractivity (Wildman–Crippen MR) is 225 cm³/mol. The summed E-state index contributed by atoms with van der Waals surface area (Å²) in [6.07, 6.45) is 0. The smallest absolute Gasteiger partial charge is 0.247 e. The Morgan fingerprint density at radius 3 is 1.89 bits per heavy atom. The average molecular weight is 701 g/mol. The Morgan fingerprint density at radius 2 is 1.00 bits per heavy atom. The zero-order valence-electron chi connectivity index (χ0n) is 29.4. The van der Waals surface area contributed by atoms with E-state index in [1.165, 1.54) is 49.7 Å². The van der Waals surface area contributed by atoms with E-state index in [1.807, 2.05) is 18.2 Å². The van der Waals surface area contributed by atoms with E-state index in [0.29, 0.717) is 5.71 Å². The molecule has 1 aliphatic rings. The lowest BCUT2D eigenvalue weighted by molar-refractivity contribution is 0.653. The van der Waals surface area contributed by atoms with Crippen LogP contribution in [0.25, 0.3) is 122 Å². The summed E-state index contributed by atoms with van der Waals surface area (Å²) in [5, 5.41) is 7.93. The second kappa shape index (κ2) is 10.6. The Hall–Kier alpha value is -7.50. The van der Waals surface area contributed by atoms with Gasteiger partial charge in [-0.3, -0.25) is 4.57 Å². The van der Waals surface area contributed by atoms with Crippen LogP contribution < -0.4 is 0 Å². The number of rotatable bonds is 2. The maximum Gasteiger partial charge on any atom is 0.247 e. The van der Waals surface area contributed by atoms with Gasteiger partial charge in [0.2, 0.25) is 5.71 Å². The lowest BCUT2D eigenvalue weighted by atomic mass is 9.94. The van der Waals surface area contributed by atoms with E-state index in [-0.39, 0.29) is 0 Å². The molecule has 0 bridgehead atoms. The molecule has 0 atom stereocenters. The maximum atomic E-state index is 6.39. The topological polar surface area (TPSA) is 48.8 Å². The summed E-state index contributed by atoms with van der Waals surface area (Å²) in [5.41, 5.74) is 14.5. The van der Waals surface area contributed by atoms with Crippen molar-refractivity contribution in [2.24, 2.45) is 0 Å². The third kappa shape index (κ3) is 3.81. The molecule has 5 heterocycles. The van der Waals surface area contributed by atoms with Crippen LogP contribution in [0.3, 0.4) is 0 Å². The molecule has 254 valence electrons. The van der Waals surface area contributed by atoms with Crippen molar-refractivity contribution >= 4 is 76.6 Å². The molecule has 55 heavy (non-hydrogen) atoms. The van der Waals surface area contributed by atoms with Crippen molar-refractivity contribution in [3.63, 3.8) is 0 Å². The molecule has 0 saturated carbocycles. The number of nitrogens with zero attached hydrogens (tertiary/aromatic N) is 4. The quantitative estimate of drug-likeness (QED) is 0.180. The summed E-state index contributed by atoms with van der Waals surface area (Å²) in [6.45, 7) is 0. The van der Waals surface area contributed by atoms with Gasteiger partial charge in [-0.15, -0.1) is 0 Å². The van der Waals surface area contributed by atoms with Crippen LogP contribution in [0.1, 0.15) is 0 Å². The SMILES string of the molecule is c1ccc2c(c1)-c1ccccc1-n1c3cc4c5ccccc5n(-c5nc6c(nc5-c5cccc7ccccc57)oc5ccccc56)c4cc3c3cccc-2c31.